The summed E-state index contributed by atoms with van der Waals surface area (Å²) in [4.78, 5) is 26.6. The Morgan fingerprint density at radius 3 is 2.61 bits per heavy atom. The Morgan fingerprint density at radius 2 is 1.86 bits per heavy atom. The van der Waals surface area contributed by atoms with Gasteiger partial charge in [0.05, 0.1) is 6.04 Å². The Labute approximate surface area is 251 Å². The van der Waals surface area contributed by atoms with Crippen LogP contribution in [0.15, 0.2) is 71.3 Å². The summed E-state index contributed by atoms with van der Waals surface area (Å²) in [6.07, 6.45) is 3.59. The molecule has 1 unspecified atom stereocenters. The fourth-order valence-electron chi connectivity index (χ4n) is 5.91. The van der Waals surface area contributed by atoms with Gasteiger partial charge in [0.1, 0.15) is 11.2 Å². The van der Waals surface area contributed by atoms with E-state index in [0.29, 0.717) is 59.6 Å². The standard InChI is InChI=1S/C31H30F2N8O3/c32-31(33)41-37-28(36-38-41)27(22-4-2-1-3-5-22)39-11-13-40(14-12-39)30(42)25-18-23(8-10-34-25)29-35-24-7-6-20(17-26(24)44-29)16-21-9-15-43-19-21/h1-8,10,17-18,21,27,31H,9,11-16,19H2/t21?,27-/m1/s1. The predicted octanol–water partition coefficient (Wildman–Crippen LogP) is 4.40. The molecule has 5 aromatic rings. The quantitative estimate of drug-likeness (QED) is 0.256. The van der Waals surface area contributed by atoms with E-state index in [9.17, 15) is 13.6 Å². The summed E-state index contributed by atoms with van der Waals surface area (Å²) in [6, 6.07) is 18.5. The van der Waals surface area contributed by atoms with Gasteiger partial charge in [-0.2, -0.15) is 8.78 Å². The van der Waals surface area contributed by atoms with Crippen LogP contribution in [0.4, 0.5) is 8.78 Å². The minimum Gasteiger partial charge on any atom is -0.436 e. The van der Waals surface area contributed by atoms with E-state index in [1.165, 1.54) is 5.56 Å². The van der Waals surface area contributed by atoms with Gasteiger partial charge < -0.3 is 14.1 Å². The molecule has 0 N–H and O–H groups in total. The topological polar surface area (TPSA) is 115 Å². The maximum atomic E-state index is 13.5. The highest BCUT2D eigenvalue weighted by molar-refractivity contribution is 5.93. The number of hydrogen-bond acceptors (Lipinski definition) is 9. The Kier molecular flexibility index (Phi) is 7.79. The molecule has 13 heteroatoms. The monoisotopic (exact) mass is 600 g/mol. The van der Waals surface area contributed by atoms with Crippen molar-refractivity contribution in [3.63, 3.8) is 0 Å². The summed E-state index contributed by atoms with van der Waals surface area (Å²) in [7, 11) is 0. The number of nitrogens with zero attached hydrogens (tertiary/aromatic N) is 8. The minimum absolute atomic E-state index is 0.184. The highest BCUT2D eigenvalue weighted by Crippen LogP contribution is 2.29. The van der Waals surface area contributed by atoms with E-state index in [-0.39, 0.29) is 11.7 Å². The summed E-state index contributed by atoms with van der Waals surface area (Å²) in [5.41, 5.74) is 4.46. The van der Waals surface area contributed by atoms with Crippen LogP contribution in [0.25, 0.3) is 22.6 Å². The van der Waals surface area contributed by atoms with Crippen LogP contribution in [-0.4, -0.2) is 85.3 Å². The van der Waals surface area contributed by atoms with Crippen LogP contribution in [0.2, 0.25) is 0 Å². The van der Waals surface area contributed by atoms with Crippen molar-refractivity contribution in [3.05, 3.63) is 89.5 Å². The fraction of sp³-hybridized carbons (Fsp3) is 0.355. The highest BCUT2D eigenvalue weighted by atomic mass is 19.3. The molecular formula is C31H30F2N8O3. The number of pyridine rings is 1. The van der Waals surface area contributed by atoms with Crippen molar-refractivity contribution >= 4 is 17.0 Å². The summed E-state index contributed by atoms with van der Waals surface area (Å²) in [5, 5.41) is 11.4. The van der Waals surface area contributed by atoms with E-state index in [0.717, 1.165) is 37.1 Å². The van der Waals surface area contributed by atoms with Crippen molar-refractivity contribution in [3.8, 4) is 11.5 Å². The molecule has 2 aromatic carbocycles. The second kappa shape index (κ2) is 12.2. The summed E-state index contributed by atoms with van der Waals surface area (Å²) < 4.78 is 38.0. The van der Waals surface area contributed by atoms with E-state index >= 15 is 0 Å². The van der Waals surface area contributed by atoms with E-state index in [2.05, 4.69) is 36.3 Å². The van der Waals surface area contributed by atoms with Gasteiger partial charge in [-0.3, -0.25) is 14.7 Å². The van der Waals surface area contributed by atoms with Gasteiger partial charge >= 0.3 is 6.55 Å². The summed E-state index contributed by atoms with van der Waals surface area (Å²) in [5.74, 6) is 0.926. The Hall–Kier alpha value is -4.62. The van der Waals surface area contributed by atoms with Crippen LogP contribution >= 0.6 is 0 Å². The van der Waals surface area contributed by atoms with Crippen molar-refractivity contribution in [1.29, 1.82) is 0 Å². The number of benzene rings is 2. The van der Waals surface area contributed by atoms with Crippen LogP contribution < -0.4 is 0 Å². The van der Waals surface area contributed by atoms with Gasteiger partial charge in [-0.15, -0.1) is 10.2 Å². The number of rotatable bonds is 8. The van der Waals surface area contributed by atoms with Crippen molar-refractivity contribution < 1.29 is 22.7 Å². The molecule has 0 radical (unpaired) electrons. The first-order chi connectivity index (χ1) is 21.5. The van der Waals surface area contributed by atoms with Gasteiger partial charge in [0.15, 0.2) is 11.4 Å². The lowest BCUT2D eigenvalue weighted by atomic mass is 9.99. The molecule has 3 aromatic heterocycles. The number of amides is 1. The van der Waals surface area contributed by atoms with Crippen molar-refractivity contribution in [1.82, 2.24) is 40.0 Å². The molecule has 0 saturated carbocycles. The first kappa shape index (κ1) is 28.2. The third kappa shape index (κ3) is 5.80. The molecule has 5 heterocycles. The number of ether oxygens (including phenoxy) is 1. The average molecular weight is 601 g/mol. The van der Waals surface area contributed by atoms with Gasteiger partial charge in [-0.05, 0) is 59.4 Å². The SMILES string of the molecule is O=C(c1cc(-c2nc3ccc(CC4CCOC4)cc3o2)ccn1)N1CCN([C@H](c2ccccc2)c2nnn(C(F)F)n2)CC1. The molecule has 11 nitrogen and oxygen atoms in total. The lowest BCUT2D eigenvalue weighted by molar-refractivity contribution is 0.0385. The van der Waals surface area contributed by atoms with Crippen LogP contribution in [0.3, 0.4) is 0 Å². The Bertz CT molecular complexity index is 1750. The van der Waals surface area contributed by atoms with E-state index < -0.39 is 12.6 Å². The normalized spacial score (nSPS) is 18.3. The molecule has 44 heavy (non-hydrogen) atoms. The molecule has 226 valence electrons. The van der Waals surface area contributed by atoms with Gasteiger partial charge in [0, 0.05) is 51.2 Å². The number of hydrogen-bond donors (Lipinski definition) is 0. The molecule has 7 rings (SSSR count). The number of piperazine rings is 1. The van der Waals surface area contributed by atoms with Crippen LogP contribution in [0.1, 0.15) is 46.5 Å². The van der Waals surface area contributed by atoms with E-state index in [4.69, 9.17) is 9.15 Å². The number of fused-ring (bicyclic) bond motifs is 1. The van der Waals surface area contributed by atoms with E-state index in [1.54, 1.807) is 23.2 Å². The first-order valence-corrected chi connectivity index (χ1v) is 14.6. The largest absolute Gasteiger partial charge is 0.436 e. The first-order valence-electron chi connectivity index (χ1n) is 14.6. The smallest absolute Gasteiger partial charge is 0.350 e. The zero-order valence-electron chi connectivity index (χ0n) is 23.8. The second-order valence-electron chi connectivity index (χ2n) is 11.1. The van der Waals surface area contributed by atoms with E-state index in [1.807, 2.05) is 42.5 Å². The molecule has 2 aliphatic rings. The van der Waals surface area contributed by atoms with Crippen molar-refractivity contribution in [2.24, 2.45) is 5.92 Å². The number of carbonyl (C=O) groups excluding carboxylic acids is 1. The molecule has 2 saturated heterocycles. The second-order valence-corrected chi connectivity index (χ2v) is 11.1. The lowest BCUT2D eigenvalue weighted by Gasteiger charge is -2.38. The molecule has 2 atom stereocenters. The Morgan fingerprint density at radius 1 is 1.02 bits per heavy atom. The number of alkyl halides is 2. The fourth-order valence-corrected chi connectivity index (χ4v) is 5.91. The van der Waals surface area contributed by atoms with Crippen molar-refractivity contribution in [2.75, 3.05) is 39.4 Å². The molecule has 0 spiro atoms. The number of aromatic nitrogens is 6. The minimum atomic E-state index is -2.88. The molecular weight excluding hydrogens is 570 g/mol. The molecule has 0 bridgehead atoms. The third-order valence-corrected chi connectivity index (χ3v) is 8.17. The van der Waals surface area contributed by atoms with Gasteiger partial charge in [0.2, 0.25) is 5.89 Å². The Balaban J connectivity index is 1.05. The number of carbonyl (C=O) groups is 1. The molecule has 1 amide bonds. The summed E-state index contributed by atoms with van der Waals surface area (Å²) in [6.45, 7) is 0.511. The molecule has 0 aliphatic carbocycles. The van der Waals surface area contributed by atoms with Gasteiger partial charge in [-0.25, -0.2) is 4.98 Å². The number of oxazole rings is 1. The van der Waals surface area contributed by atoms with Gasteiger partial charge in [-0.1, -0.05) is 41.2 Å². The predicted molar refractivity (Wildman–Crippen MR) is 155 cm³/mol. The van der Waals surface area contributed by atoms with Crippen LogP contribution in [-0.2, 0) is 11.2 Å². The zero-order chi connectivity index (χ0) is 30.0. The maximum Gasteiger partial charge on any atom is 0.350 e. The number of halogens is 2. The number of tetrazole rings is 1. The van der Waals surface area contributed by atoms with Crippen molar-refractivity contribution in [2.45, 2.75) is 25.4 Å². The lowest BCUT2D eigenvalue weighted by Crippen LogP contribution is -2.50. The van der Waals surface area contributed by atoms with Gasteiger partial charge in [0.25, 0.3) is 5.91 Å². The van der Waals surface area contributed by atoms with Crippen LogP contribution in [0.5, 0.6) is 0 Å². The zero-order valence-corrected chi connectivity index (χ0v) is 23.8. The maximum absolute atomic E-state index is 13.5. The summed E-state index contributed by atoms with van der Waals surface area (Å²) >= 11 is 0. The third-order valence-electron chi connectivity index (χ3n) is 8.17. The highest BCUT2D eigenvalue weighted by Gasteiger charge is 2.32. The van der Waals surface area contributed by atoms with Crippen LogP contribution in [0, 0.1) is 5.92 Å². The average Bonchev–Trinajstić information content (AvgIpc) is 3.84. The molecule has 2 aliphatic heterocycles. The molecule has 2 fully saturated rings.